The molecule has 6 heteroatoms. The van der Waals surface area contributed by atoms with Crippen molar-refractivity contribution in [2.24, 2.45) is 0 Å². The lowest BCUT2D eigenvalue weighted by Crippen LogP contribution is -1.98. The molecule has 0 N–H and O–H groups in total. The van der Waals surface area contributed by atoms with Gasteiger partial charge in [-0.3, -0.25) is 0 Å². The van der Waals surface area contributed by atoms with E-state index in [0.717, 1.165) is 27.3 Å². The SMILES string of the molecule is Cc1nnc(SCCCOc2cccc(C#N)c2)s1. The van der Waals surface area contributed by atoms with Gasteiger partial charge in [0.2, 0.25) is 0 Å². The molecule has 2 aromatic rings. The summed E-state index contributed by atoms with van der Waals surface area (Å²) in [6.45, 7) is 2.59. The van der Waals surface area contributed by atoms with Gasteiger partial charge < -0.3 is 4.74 Å². The summed E-state index contributed by atoms with van der Waals surface area (Å²) in [7, 11) is 0. The summed E-state index contributed by atoms with van der Waals surface area (Å²) in [5, 5.41) is 17.8. The maximum atomic E-state index is 8.78. The Morgan fingerprint density at radius 2 is 2.32 bits per heavy atom. The fourth-order valence-electron chi connectivity index (χ4n) is 1.40. The summed E-state index contributed by atoms with van der Waals surface area (Å²) in [5.41, 5.74) is 0.621. The van der Waals surface area contributed by atoms with E-state index in [1.165, 1.54) is 0 Å². The fourth-order valence-corrected chi connectivity index (χ4v) is 3.20. The van der Waals surface area contributed by atoms with Crippen LogP contribution in [0.2, 0.25) is 0 Å². The molecule has 0 bridgehead atoms. The molecule has 0 fully saturated rings. The Kier molecular flexibility index (Phi) is 5.19. The number of nitriles is 1. The number of rotatable bonds is 6. The van der Waals surface area contributed by atoms with Crippen LogP contribution in [0.1, 0.15) is 17.0 Å². The van der Waals surface area contributed by atoms with Crippen molar-refractivity contribution in [1.29, 1.82) is 5.26 Å². The van der Waals surface area contributed by atoms with E-state index in [1.807, 2.05) is 19.1 Å². The minimum absolute atomic E-state index is 0.621. The smallest absolute Gasteiger partial charge is 0.174 e. The van der Waals surface area contributed by atoms with Crippen LogP contribution in [0, 0.1) is 18.3 Å². The van der Waals surface area contributed by atoms with E-state index < -0.39 is 0 Å². The van der Waals surface area contributed by atoms with E-state index >= 15 is 0 Å². The minimum atomic E-state index is 0.621. The van der Waals surface area contributed by atoms with E-state index in [9.17, 15) is 0 Å². The molecule has 0 aliphatic carbocycles. The number of aromatic nitrogens is 2. The normalized spacial score (nSPS) is 10.1. The van der Waals surface area contributed by atoms with Gasteiger partial charge in [0, 0.05) is 5.75 Å². The quantitative estimate of drug-likeness (QED) is 0.604. The zero-order valence-corrected chi connectivity index (χ0v) is 12.1. The first-order chi connectivity index (χ1) is 9.28. The summed E-state index contributed by atoms with van der Waals surface area (Å²) in [5.74, 6) is 1.70. The molecule has 19 heavy (non-hydrogen) atoms. The highest BCUT2D eigenvalue weighted by Crippen LogP contribution is 2.22. The van der Waals surface area contributed by atoms with Gasteiger partial charge in [-0.15, -0.1) is 10.2 Å². The molecule has 4 nitrogen and oxygen atoms in total. The molecule has 0 amide bonds. The van der Waals surface area contributed by atoms with Gasteiger partial charge in [0.05, 0.1) is 18.2 Å². The van der Waals surface area contributed by atoms with Crippen LogP contribution in [0.4, 0.5) is 0 Å². The van der Waals surface area contributed by atoms with Crippen molar-refractivity contribution < 1.29 is 4.74 Å². The number of nitrogens with zero attached hydrogens (tertiary/aromatic N) is 3. The van der Waals surface area contributed by atoms with Crippen molar-refractivity contribution >= 4 is 23.1 Å². The Hall–Kier alpha value is -1.58. The molecule has 0 atom stereocenters. The third-order valence-corrected chi connectivity index (χ3v) is 4.31. The predicted molar refractivity (Wildman–Crippen MR) is 76.6 cm³/mol. The Balaban J connectivity index is 1.68. The molecule has 1 heterocycles. The second-order valence-electron chi connectivity index (χ2n) is 3.78. The molecular formula is C13H13N3OS2. The molecular weight excluding hydrogens is 278 g/mol. The van der Waals surface area contributed by atoms with Crippen LogP contribution in [0.15, 0.2) is 28.6 Å². The molecule has 2 rings (SSSR count). The summed E-state index contributed by atoms with van der Waals surface area (Å²) >= 11 is 3.31. The van der Waals surface area contributed by atoms with Gasteiger partial charge in [-0.25, -0.2) is 0 Å². The molecule has 1 aromatic carbocycles. The van der Waals surface area contributed by atoms with Gasteiger partial charge in [-0.2, -0.15) is 5.26 Å². The molecule has 0 saturated heterocycles. The highest BCUT2D eigenvalue weighted by molar-refractivity contribution is 8.01. The Morgan fingerprint density at radius 3 is 3.05 bits per heavy atom. The van der Waals surface area contributed by atoms with Crippen molar-refractivity contribution in [3.63, 3.8) is 0 Å². The summed E-state index contributed by atoms with van der Waals surface area (Å²) in [6.07, 6.45) is 0.931. The summed E-state index contributed by atoms with van der Waals surface area (Å²) < 4.78 is 6.60. The van der Waals surface area contributed by atoms with E-state index in [4.69, 9.17) is 10.00 Å². The molecule has 0 spiro atoms. The van der Waals surface area contributed by atoms with Crippen LogP contribution in [-0.2, 0) is 0 Å². The average molecular weight is 291 g/mol. The van der Waals surface area contributed by atoms with Crippen LogP contribution in [0.25, 0.3) is 0 Å². The van der Waals surface area contributed by atoms with Crippen molar-refractivity contribution in [2.45, 2.75) is 17.7 Å². The first kappa shape index (κ1) is 13.8. The number of ether oxygens (including phenoxy) is 1. The monoisotopic (exact) mass is 291 g/mol. The van der Waals surface area contributed by atoms with E-state index in [-0.39, 0.29) is 0 Å². The highest BCUT2D eigenvalue weighted by Gasteiger charge is 2.01. The standard InChI is InChI=1S/C13H13N3OS2/c1-10-15-16-13(19-10)18-7-3-6-17-12-5-2-4-11(8-12)9-14/h2,4-5,8H,3,6-7H2,1H3. The third-order valence-electron chi connectivity index (χ3n) is 2.25. The fraction of sp³-hybridized carbons (Fsp3) is 0.308. The number of benzene rings is 1. The highest BCUT2D eigenvalue weighted by atomic mass is 32.2. The van der Waals surface area contributed by atoms with Gasteiger partial charge in [-0.05, 0) is 31.5 Å². The third kappa shape index (κ3) is 4.54. The van der Waals surface area contributed by atoms with Crippen LogP contribution >= 0.6 is 23.1 Å². The maximum Gasteiger partial charge on any atom is 0.174 e. The Labute approximate surface area is 120 Å². The predicted octanol–water partition coefficient (Wildman–Crippen LogP) is 3.28. The Bertz CT molecular complexity index is 577. The first-order valence-electron chi connectivity index (χ1n) is 5.84. The number of aryl methyl sites for hydroxylation is 1. The average Bonchev–Trinajstić information content (AvgIpc) is 2.84. The van der Waals surface area contributed by atoms with Crippen molar-refractivity contribution in [1.82, 2.24) is 10.2 Å². The van der Waals surface area contributed by atoms with Crippen LogP contribution < -0.4 is 4.74 Å². The molecule has 0 aliphatic rings. The second kappa shape index (κ2) is 7.12. The van der Waals surface area contributed by atoms with Crippen molar-refractivity contribution in [3.05, 3.63) is 34.8 Å². The van der Waals surface area contributed by atoms with Crippen molar-refractivity contribution in [3.8, 4) is 11.8 Å². The van der Waals surface area contributed by atoms with Gasteiger partial charge >= 0.3 is 0 Å². The largest absolute Gasteiger partial charge is 0.494 e. The zero-order valence-electron chi connectivity index (χ0n) is 10.5. The van der Waals surface area contributed by atoms with Crippen LogP contribution in [-0.4, -0.2) is 22.6 Å². The second-order valence-corrected chi connectivity index (χ2v) is 6.30. The van der Waals surface area contributed by atoms with E-state index in [1.54, 1.807) is 35.2 Å². The zero-order chi connectivity index (χ0) is 13.5. The van der Waals surface area contributed by atoms with E-state index in [0.29, 0.717) is 12.2 Å². The molecule has 0 radical (unpaired) electrons. The minimum Gasteiger partial charge on any atom is -0.494 e. The maximum absolute atomic E-state index is 8.78. The lowest BCUT2D eigenvalue weighted by molar-refractivity contribution is 0.318. The van der Waals surface area contributed by atoms with Gasteiger partial charge in [0.15, 0.2) is 4.34 Å². The van der Waals surface area contributed by atoms with E-state index in [2.05, 4.69) is 16.3 Å². The Morgan fingerprint density at radius 1 is 1.42 bits per heavy atom. The molecule has 98 valence electrons. The van der Waals surface area contributed by atoms with Crippen LogP contribution in [0.5, 0.6) is 5.75 Å². The molecule has 0 saturated carbocycles. The number of thioether (sulfide) groups is 1. The summed E-state index contributed by atoms with van der Waals surface area (Å²) in [4.78, 5) is 0. The van der Waals surface area contributed by atoms with Gasteiger partial charge in [-0.1, -0.05) is 29.2 Å². The number of hydrogen-bond acceptors (Lipinski definition) is 6. The number of hydrogen-bond donors (Lipinski definition) is 0. The lowest BCUT2D eigenvalue weighted by Gasteiger charge is -2.05. The first-order valence-corrected chi connectivity index (χ1v) is 7.64. The lowest BCUT2D eigenvalue weighted by atomic mass is 10.2. The molecule has 1 aromatic heterocycles. The molecule has 0 unspecified atom stereocenters. The van der Waals surface area contributed by atoms with Crippen LogP contribution in [0.3, 0.4) is 0 Å². The summed E-state index contributed by atoms with van der Waals surface area (Å²) in [6, 6.07) is 9.30. The van der Waals surface area contributed by atoms with Gasteiger partial charge in [0.25, 0.3) is 0 Å². The molecule has 0 aliphatic heterocycles. The topological polar surface area (TPSA) is 58.8 Å². The van der Waals surface area contributed by atoms with Gasteiger partial charge in [0.1, 0.15) is 10.8 Å². The van der Waals surface area contributed by atoms with Crippen molar-refractivity contribution in [2.75, 3.05) is 12.4 Å².